The molecular weight excluding hydrogens is 438 g/mol. The Hall–Kier alpha value is -2.40. The first kappa shape index (κ1) is 20.3. The first-order valence-corrected chi connectivity index (χ1v) is 8.76. The van der Waals surface area contributed by atoms with Gasteiger partial charge in [0.25, 0.3) is 0 Å². The molecule has 0 radical (unpaired) electrons. The lowest BCUT2D eigenvalue weighted by atomic mass is 10.2. The van der Waals surface area contributed by atoms with Gasteiger partial charge in [-0.05, 0) is 29.8 Å². The Morgan fingerprint density at radius 2 is 1.68 bits per heavy atom. The Morgan fingerprint density at radius 3 is 2.21 bits per heavy atom. The topological polar surface area (TPSA) is 50.8 Å². The monoisotopic (exact) mass is 445 g/mol. The molecule has 0 spiro atoms. The number of nitriles is 1. The van der Waals surface area contributed by atoms with Crippen molar-refractivity contribution in [1.82, 2.24) is 9.78 Å². The summed E-state index contributed by atoms with van der Waals surface area (Å²) in [5.74, 6) is -0.567. The van der Waals surface area contributed by atoms with E-state index in [1.807, 2.05) is 6.07 Å². The number of alkyl halides is 3. The maximum atomic E-state index is 13.4. The normalized spacial score (nSPS) is 11.3. The van der Waals surface area contributed by atoms with E-state index in [4.69, 9.17) is 44.8 Å². The molecule has 0 aliphatic carbocycles. The second kappa shape index (κ2) is 7.92. The molecule has 3 rings (SSSR count). The van der Waals surface area contributed by atoms with E-state index in [9.17, 15) is 13.2 Å². The third-order valence-corrected chi connectivity index (χ3v) is 4.48. The Bertz CT molecular complexity index is 1030. The van der Waals surface area contributed by atoms with Gasteiger partial charge in [0.15, 0.2) is 0 Å². The molecule has 0 N–H and O–H groups in total. The highest BCUT2D eigenvalue weighted by Gasteiger charge is 2.38. The molecule has 10 heteroatoms. The minimum atomic E-state index is -4.70. The lowest BCUT2D eigenvalue weighted by molar-refractivity contribution is -0.139. The van der Waals surface area contributed by atoms with Crippen molar-refractivity contribution in [1.29, 1.82) is 5.26 Å². The quantitative estimate of drug-likeness (QED) is 0.472. The molecule has 0 saturated heterocycles. The highest BCUT2D eigenvalue weighted by Crippen LogP contribution is 2.41. The van der Waals surface area contributed by atoms with Crippen LogP contribution in [0, 0.1) is 11.3 Å². The van der Waals surface area contributed by atoms with Crippen LogP contribution in [0.15, 0.2) is 42.6 Å². The van der Waals surface area contributed by atoms with Crippen molar-refractivity contribution in [3.8, 4) is 17.6 Å². The van der Waals surface area contributed by atoms with Gasteiger partial charge in [-0.25, -0.2) is 0 Å². The van der Waals surface area contributed by atoms with E-state index in [0.29, 0.717) is 17.3 Å². The van der Waals surface area contributed by atoms with E-state index in [1.54, 1.807) is 12.1 Å². The average Bonchev–Trinajstić information content (AvgIpc) is 3.03. The summed E-state index contributed by atoms with van der Waals surface area (Å²) in [4.78, 5) is 0. The van der Waals surface area contributed by atoms with Crippen molar-refractivity contribution in [2.45, 2.75) is 12.8 Å². The Kier molecular flexibility index (Phi) is 5.75. The van der Waals surface area contributed by atoms with Crippen LogP contribution in [0.4, 0.5) is 13.2 Å². The molecule has 28 heavy (non-hydrogen) atoms. The molecular formula is C18H9Cl3F3N3O. The summed E-state index contributed by atoms with van der Waals surface area (Å²) in [6.45, 7) is -0.191. The van der Waals surface area contributed by atoms with E-state index in [1.165, 1.54) is 24.3 Å². The summed E-state index contributed by atoms with van der Waals surface area (Å²) in [5.41, 5.74) is -0.0843. The molecule has 0 aliphatic rings. The van der Waals surface area contributed by atoms with Crippen molar-refractivity contribution in [2.75, 3.05) is 0 Å². The number of nitrogens with zero attached hydrogens (tertiary/aromatic N) is 3. The van der Waals surface area contributed by atoms with Gasteiger partial charge in [0.1, 0.15) is 17.9 Å². The fraction of sp³-hybridized carbons (Fsp3) is 0.111. The minimum absolute atomic E-state index is 0.0116. The zero-order valence-corrected chi connectivity index (χ0v) is 16.0. The summed E-state index contributed by atoms with van der Waals surface area (Å²) >= 11 is 18.1. The maximum absolute atomic E-state index is 13.4. The second-order valence-electron chi connectivity index (χ2n) is 5.59. The standard InChI is InChI=1S/C18H9Cl3F3N3O/c19-12-5-14(20)16(15(21)6-12)27-17(13(8-26-27)18(22,23)24)28-9-11-3-1-10(7-25)2-4-11/h1-6,8H,9H2. The number of aromatic nitrogens is 2. The lowest BCUT2D eigenvalue weighted by Crippen LogP contribution is -2.10. The van der Waals surface area contributed by atoms with Gasteiger partial charge in [-0.1, -0.05) is 46.9 Å². The van der Waals surface area contributed by atoms with Gasteiger partial charge in [0.05, 0.1) is 27.9 Å². The van der Waals surface area contributed by atoms with Crippen molar-refractivity contribution < 1.29 is 17.9 Å². The van der Waals surface area contributed by atoms with Gasteiger partial charge in [0, 0.05) is 5.02 Å². The maximum Gasteiger partial charge on any atom is 0.423 e. The van der Waals surface area contributed by atoms with Gasteiger partial charge in [0.2, 0.25) is 5.88 Å². The predicted molar refractivity (Wildman–Crippen MR) is 99.1 cm³/mol. The molecule has 1 aromatic heterocycles. The molecule has 0 unspecified atom stereocenters. The van der Waals surface area contributed by atoms with Gasteiger partial charge in [-0.3, -0.25) is 0 Å². The van der Waals surface area contributed by atoms with Gasteiger partial charge >= 0.3 is 6.18 Å². The zero-order chi connectivity index (χ0) is 20.5. The average molecular weight is 447 g/mol. The molecule has 0 aliphatic heterocycles. The Morgan fingerprint density at radius 1 is 1.07 bits per heavy atom. The van der Waals surface area contributed by atoms with Gasteiger partial charge in [-0.15, -0.1) is 0 Å². The third kappa shape index (κ3) is 4.20. The largest absolute Gasteiger partial charge is 0.472 e. The summed E-state index contributed by atoms with van der Waals surface area (Å²) in [6.07, 6.45) is -4.07. The number of benzene rings is 2. The smallest absolute Gasteiger partial charge is 0.423 e. The van der Waals surface area contributed by atoms with Crippen LogP contribution in [0.1, 0.15) is 16.7 Å². The molecule has 1 heterocycles. The first-order valence-electron chi connectivity index (χ1n) is 7.62. The number of hydrogen-bond acceptors (Lipinski definition) is 3. The van der Waals surface area contributed by atoms with Crippen LogP contribution < -0.4 is 4.74 Å². The van der Waals surface area contributed by atoms with E-state index >= 15 is 0 Å². The molecule has 0 atom stereocenters. The summed E-state index contributed by atoms with van der Waals surface area (Å²) in [7, 11) is 0. The van der Waals surface area contributed by atoms with Gasteiger partial charge in [-0.2, -0.15) is 28.2 Å². The van der Waals surface area contributed by atoms with Crippen molar-refractivity contribution >= 4 is 34.8 Å². The minimum Gasteiger partial charge on any atom is -0.472 e. The summed E-state index contributed by atoms with van der Waals surface area (Å²) < 4.78 is 46.6. The van der Waals surface area contributed by atoms with Crippen LogP contribution in [0.25, 0.3) is 5.69 Å². The van der Waals surface area contributed by atoms with E-state index in [-0.39, 0.29) is 27.4 Å². The molecule has 0 bridgehead atoms. The van der Waals surface area contributed by atoms with Crippen molar-refractivity contribution in [3.63, 3.8) is 0 Å². The van der Waals surface area contributed by atoms with Crippen molar-refractivity contribution in [2.24, 2.45) is 0 Å². The lowest BCUT2D eigenvalue weighted by Gasteiger charge is -2.15. The molecule has 0 fully saturated rings. The van der Waals surface area contributed by atoms with Crippen LogP contribution in [0.3, 0.4) is 0 Å². The van der Waals surface area contributed by atoms with Crippen molar-refractivity contribution in [3.05, 3.63) is 74.4 Å². The fourth-order valence-corrected chi connectivity index (χ4v) is 3.37. The molecule has 0 amide bonds. The fourth-order valence-electron chi connectivity index (χ4n) is 2.39. The van der Waals surface area contributed by atoms with Crippen LogP contribution in [0.5, 0.6) is 5.88 Å². The third-order valence-electron chi connectivity index (χ3n) is 3.68. The van der Waals surface area contributed by atoms with E-state index in [2.05, 4.69) is 5.10 Å². The van der Waals surface area contributed by atoms with Crippen LogP contribution in [-0.4, -0.2) is 9.78 Å². The molecule has 144 valence electrons. The summed E-state index contributed by atoms with van der Waals surface area (Å²) in [6, 6.07) is 10.9. The van der Waals surface area contributed by atoms with Crippen LogP contribution in [0.2, 0.25) is 15.1 Å². The first-order chi connectivity index (χ1) is 13.2. The number of rotatable bonds is 4. The second-order valence-corrected chi connectivity index (χ2v) is 6.84. The van der Waals surface area contributed by atoms with Crippen LogP contribution >= 0.6 is 34.8 Å². The molecule has 4 nitrogen and oxygen atoms in total. The highest BCUT2D eigenvalue weighted by atomic mass is 35.5. The Balaban J connectivity index is 2.03. The highest BCUT2D eigenvalue weighted by molar-refractivity contribution is 6.40. The predicted octanol–water partition coefficient (Wildman–Crippen LogP) is 6.30. The van der Waals surface area contributed by atoms with Crippen LogP contribution in [-0.2, 0) is 12.8 Å². The number of halogens is 6. The summed E-state index contributed by atoms with van der Waals surface area (Å²) in [5, 5.41) is 12.8. The number of hydrogen-bond donors (Lipinski definition) is 0. The van der Waals surface area contributed by atoms with E-state index in [0.717, 1.165) is 4.68 Å². The molecule has 2 aromatic carbocycles. The number of ether oxygens (including phenoxy) is 1. The zero-order valence-electron chi connectivity index (χ0n) is 13.8. The molecule has 0 saturated carbocycles. The van der Waals surface area contributed by atoms with E-state index < -0.39 is 17.6 Å². The Labute approximate surface area is 172 Å². The SMILES string of the molecule is N#Cc1ccc(COc2c(C(F)(F)F)cnn2-c2c(Cl)cc(Cl)cc2Cl)cc1. The van der Waals surface area contributed by atoms with Gasteiger partial charge < -0.3 is 4.74 Å². The molecule has 3 aromatic rings.